The summed E-state index contributed by atoms with van der Waals surface area (Å²) in [6.07, 6.45) is 3.47. The summed E-state index contributed by atoms with van der Waals surface area (Å²) in [6.45, 7) is 4.54. The van der Waals surface area contributed by atoms with Gasteiger partial charge in [-0.1, -0.05) is 17.8 Å². The highest BCUT2D eigenvalue weighted by Gasteiger charge is 2.18. The molecule has 0 radical (unpaired) electrons. The number of thiophene rings is 1. The van der Waals surface area contributed by atoms with Crippen LogP contribution in [0.4, 0.5) is 0 Å². The van der Waals surface area contributed by atoms with Crippen LogP contribution in [0, 0.1) is 0 Å². The first kappa shape index (κ1) is 22.0. The van der Waals surface area contributed by atoms with E-state index in [0.717, 1.165) is 21.9 Å². The Labute approximate surface area is 194 Å². The van der Waals surface area contributed by atoms with Gasteiger partial charge in [0.25, 0.3) is 0 Å². The Morgan fingerprint density at radius 2 is 2.03 bits per heavy atom. The molecule has 1 N–H and O–H groups in total. The van der Waals surface area contributed by atoms with Crippen LogP contribution in [0.25, 0.3) is 17.1 Å². The maximum absolute atomic E-state index is 12.6. The topological polar surface area (TPSA) is 81.9 Å². The van der Waals surface area contributed by atoms with E-state index in [0.29, 0.717) is 17.6 Å². The van der Waals surface area contributed by atoms with Gasteiger partial charge in [0.15, 0.2) is 11.0 Å². The third-order valence-corrected chi connectivity index (χ3v) is 6.62. The number of aromatic nitrogens is 4. The highest BCUT2D eigenvalue weighted by Crippen LogP contribution is 2.29. The Kier molecular flexibility index (Phi) is 7.18. The van der Waals surface area contributed by atoms with Crippen molar-refractivity contribution in [3.8, 4) is 22.8 Å². The molecule has 1 amide bonds. The Balaban J connectivity index is 1.56. The first-order valence-corrected chi connectivity index (χ1v) is 12.1. The van der Waals surface area contributed by atoms with Crippen LogP contribution < -0.4 is 10.1 Å². The monoisotopic (exact) mass is 465 g/mol. The third kappa shape index (κ3) is 5.17. The Morgan fingerprint density at radius 1 is 1.19 bits per heavy atom. The van der Waals surface area contributed by atoms with Crippen molar-refractivity contribution >= 4 is 29.0 Å². The van der Waals surface area contributed by atoms with Crippen molar-refractivity contribution in [3.05, 3.63) is 71.2 Å². The molecule has 0 saturated carbocycles. The fourth-order valence-corrected chi connectivity index (χ4v) is 4.66. The molecule has 0 aliphatic carbocycles. The summed E-state index contributed by atoms with van der Waals surface area (Å²) in [7, 11) is 0. The second-order valence-electron chi connectivity index (χ2n) is 6.90. The van der Waals surface area contributed by atoms with Crippen LogP contribution in [0.1, 0.15) is 24.8 Å². The molecule has 1 unspecified atom stereocenters. The molecule has 0 aliphatic heterocycles. The molecule has 0 spiro atoms. The van der Waals surface area contributed by atoms with Crippen LogP contribution in [0.2, 0.25) is 0 Å². The second-order valence-corrected chi connectivity index (χ2v) is 8.83. The summed E-state index contributed by atoms with van der Waals surface area (Å²) in [6, 6.07) is 15.5. The number of hydrogen-bond donors (Lipinski definition) is 1. The van der Waals surface area contributed by atoms with Crippen molar-refractivity contribution < 1.29 is 9.53 Å². The Hall–Kier alpha value is -3.17. The van der Waals surface area contributed by atoms with Gasteiger partial charge in [0.05, 0.1) is 18.4 Å². The molecular formula is C23H23N5O2S2. The lowest BCUT2D eigenvalue weighted by molar-refractivity contribution is -0.119. The number of rotatable bonds is 9. The largest absolute Gasteiger partial charge is 0.494 e. The number of hydrogen-bond acceptors (Lipinski definition) is 7. The standard InChI is InChI=1S/C23H23N5O2S2/c1-3-30-19-10-8-18(9-11-19)28-22(17-6-4-12-24-14-17)26-27-23(28)32-15-21(29)25-16(2)20-7-5-13-31-20/h4-14,16H,3,15H2,1-2H3,(H,25,29). The zero-order valence-corrected chi connectivity index (χ0v) is 19.4. The van der Waals surface area contributed by atoms with E-state index in [4.69, 9.17) is 4.74 Å². The van der Waals surface area contributed by atoms with Gasteiger partial charge in [-0.15, -0.1) is 21.5 Å². The molecule has 4 rings (SSSR count). The fourth-order valence-electron chi connectivity index (χ4n) is 3.16. The normalized spacial score (nSPS) is 11.8. The van der Waals surface area contributed by atoms with Gasteiger partial charge < -0.3 is 10.1 Å². The summed E-state index contributed by atoms with van der Waals surface area (Å²) in [5, 5.41) is 14.4. The van der Waals surface area contributed by atoms with Crippen LogP contribution in [0.3, 0.4) is 0 Å². The molecule has 1 aromatic carbocycles. The summed E-state index contributed by atoms with van der Waals surface area (Å²) in [5.74, 6) is 1.64. The lowest BCUT2D eigenvalue weighted by Crippen LogP contribution is -2.27. The highest BCUT2D eigenvalue weighted by molar-refractivity contribution is 7.99. The average molecular weight is 466 g/mol. The van der Waals surface area contributed by atoms with Gasteiger partial charge in [0.2, 0.25) is 5.91 Å². The third-order valence-electron chi connectivity index (χ3n) is 4.64. The number of thioether (sulfide) groups is 1. The quantitative estimate of drug-likeness (QED) is 0.359. The number of nitrogens with zero attached hydrogens (tertiary/aromatic N) is 4. The molecule has 32 heavy (non-hydrogen) atoms. The SMILES string of the molecule is CCOc1ccc(-n2c(SCC(=O)NC(C)c3cccs3)nnc2-c2cccnc2)cc1. The van der Waals surface area contributed by atoms with Crippen molar-refractivity contribution in [3.63, 3.8) is 0 Å². The Bertz CT molecular complexity index is 1150. The van der Waals surface area contributed by atoms with Crippen molar-refractivity contribution in [1.29, 1.82) is 0 Å². The van der Waals surface area contributed by atoms with Gasteiger partial charge in [0.1, 0.15) is 5.75 Å². The van der Waals surface area contributed by atoms with Gasteiger partial charge in [-0.25, -0.2) is 0 Å². The van der Waals surface area contributed by atoms with Crippen molar-refractivity contribution in [2.45, 2.75) is 25.0 Å². The second kappa shape index (κ2) is 10.4. The molecule has 164 valence electrons. The van der Waals surface area contributed by atoms with Crippen molar-refractivity contribution in [2.24, 2.45) is 0 Å². The Morgan fingerprint density at radius 3 is 2.72 bits per heavy atom. The lowest BCUT2D eigenvalue weighted by Gasteiger charge is -2.13. The molecule has 3 heterocycles. The van der Waals surface area contributed by atoms with Crippen LogP contribution >= 0.6 is 23.1 Å². The number of pyridine rings is 1. The molecule has 4 aromatic rings. The predicted molar refractivity (Wildman–Crippen MR) is 127 cm³/mol. The van der Waals surface area contributed by atoms with Crippen molar-refractivity contribution in [2.75, 3.05) is 12.4 Å². The summed E-state index contributed by atoms with van der Waals surface area (Å²) in [4.78, 5) is 17.9. The van der Waals surface area contributed by atoms with Gasteiger partial charge >= 0.3 is 0 Å². The minimum absolute atomic E-state index is 0.0296. The number of ether oxygens (including phenoxy) is 1. The number of nitrogens with one attached hydrogen (secondary N) is 1. The van der Waals surface area contributed by atoms with E-state index in [2.05, 4.69) is 20.5 Å². The lowest BCUT2D eigenvalue weighted by atomic mass is 10.2. The van der Waals surface area contributed by atoms with Gasteiger partial charge in [-0.3, -0.25) is 14.3 Å². The molecule has 1 atom stereocenters. The number of amides is 1. The number of benzene rings is 1. The van der Waals surface area contributed by atoms with E-state index in [-0.39, 0.29) is 17.7 Å². The maximum atomic E-state index is 12.6. The molecule has 9 heteroatoms. The van der Waals surface area contributed by atoms with Gasteiger partial charge in [0, 0.05) is 28.5 Å². The average Bonchev–Trinajstić information content (AvgIpc) is 3.50. The molecule has 0 aliphatic rings. The molecule has 3 aromatic heterocycles. The minimum atomic E-state index is -0.0555. The maximum Gasteiger partial charge on any atom is 0.230 e. The van der Waals surface area contributed by atoms with E-state index in [1.165, 1.54) is 11.8 Å². The van der Waals surface area contributed by atoms with E-state index < -0.39 is 0 Å². The molecule has 0 fully saturated rings. The van der Waals surface area contributed by atoms with Crippen LogP contribution in [0.15, 0.2) is 71.5 Å². The van der Waals surface area contributed by atoms with Gasteiger partial charge in [-0.2, -0.15) is 0 Å². The summed E-state index contributed by atoms with van der Waals surface area (Å²) < 4.78 is 7.50. The number of carbonyl (C=O) groups is 1. The zero-order chi connectivity index (χ0) is 22.3. The number of carbonyl (C=O) groups excluding carboxylic acids is 1. The first-order chi connectivity index (χ1) is 15.7. The fraction of sp³-hybridized carbons (Fsp3) is 0.217. The first-order valence-electron chi connectivity index (χ1n) is 10.2. The van der Waals surface area contributed by atoms with Gasteiger partial charge in [-0.05, 0) is 61.7 Å². The van der Waals surface area contributed by atoms with Crippen LogP contribution in [-0.2, 0) is 4.79 Å². The van der Waals surface area contributed by atoms with Crippen molar-refractivity contribution in [1.82, 2.24) is 25.1 Å². The van der Waals surface area contributed by atoms with Crippen LogP contribution in [-0.4, -0.2) is 38.0 Å². The molecular weight excluding hydrogens is 442 g/mol. The van der Waals surface area contributed by atoms with E-state index >= 15 is 0 Å². The molecule has 7 nitrogen and oxygen atoms in total. The highest BCUT2D eigenvalue weighted by atomic mass is 32.2. The van der Waals surface area contributed by atoms with Crippen LogP contribution in [0.5, 0.6) is 5.75 Å². The summed E-state index contributed by atoms with van der Waals surface area (Å²) >= 11 is 2.98. The smallest absolute Gasteiger partial charge is 0.230 e. The predicted octanol–water partition coefficient (Wildman–Crippen LogP) is 4.76. The minimum Gasteiger partial charge on any atom is -0.494 e. The van der Waals surface area contributed by atoms with E-state index in [1.807, 2.05) is 72.3 Å². The van der Waals surface area contributed by atoms with E-state index in [1.54, 1.807) is 23.7 Å². The molecule has 0 saturated heterocycles. The zero-order valence-electron chi connectivity index (χ0n) is 17.8. The molecule has 0 bridgehead atoms. The summed E-state index contributed by atoms with van der Waals surface area (Å²) in [5.41, 5.74) is 1.73. The van der Waals surface area contributed by atoms with E-state index in [9.17, 15) is 4.79 Å².